The second-order valence-corrected chi connectivity index (χ2v) is 2.40. The van der Waals surface area contributed by atoms with Crippen LogP contribution in [-0.4, -0.2) is 22.7 Å². The number of aromatic nitrogens is 1. The van der Waals surface area contributed by atoms with Crippen molar-refractivity contribution in [2.24, 2.45) is 0 Å². The Morgan fingerprint density at radius 2 is 2.13 bits per heavy atom. The summed E-state index contributed by atoms with van der Waals surface area (Å²) in [7, 11) is 0. The van der Waals surface area contributed by atoms with Crippen molar-refractivity contribution in [2.45, 2.75) is 12.8 Å². The Morgan fingerprint density at radius 1 is 1.47 bits per heavy atom. The predicted octanol–water partition coefficient (Wildman–Crippen LogP) is 1.93. The fourth-order valence-corrected chi connectivity index (χ4v) is 0.783. The molecule has 1 unspecified atom stereocenters. The number of rotatable bonds is 4. The third kappa shape index (κ3) is 2.79. The first-order valence-corrected chi connectivity index (χ1v) is 3.69. The first-order chi connectivity index (χ1) is 7.02. The zero-order chi connectivity index (χ0) is 11.4. The van der Waals surface area contributed by atoms with E-state index < -0.39 is 29.1 Å². The molecule has 0 N–H and O–H groups in total. The summed E-state index contributed by atoms with van der Waals surface area (Å²) in [5.41, 5.74) is -0.666. The summed E-state index contributed by atoms with van der Waals surface area (Å²) >= 11 is 0. The number of halogens is 3. The maximum absolute atomic E-state index is 12.4. The van der Waals surface area contributed by atoms with Gasteiger partial charge in [0.1, 0.15) is 6.20 Å². The van der Waals surface area contributed by atoms with Crippen LogP contribution < -0.4 is 4.74 Å². The van der Waals surface area contributed by atoms with Crippen molar-refractivity contribution in [3.8, 4) is 5.75 Å². The molecule has 0 radical (unpaired) electrons. The van der Waals surface area contributed by atoms with Crippen molar-refractivity contribution in [3.63, 3.8) is 0 Å². The normalized spacial score (nSPS) is 12.5. The molecule has 0 saturated carbocycles. The summed E-state index contributed by atoms with van der Waals surface area (Å²) in [6.07, 6.45) is -4.41. The topological polar surface area (TPSA) is 65.3 Å². The van der Waals surface area contributed by atoms with Gasteiger partial charge in [0.05, 0.1) is 4.92 Å². The van der Waals surface area contributed by atoms with Crippen molar-refractivity contribution in [1.29, 1.82) is 0 Å². The van der Waals surface area contributed by atoms with Gasteiger partial charge in [-0.05, 0) is 0 Å². The lowest BCUT2D eigenvalue weighted by atomic mass is 10.4. The monoisotopic (exact) mass is 222 g/mol. The Hall–Kier alpha value is -1.86. The minimum atomic E-state index is -3.36. The largest absolute Gasteiger partial charge is 0.447 e. The van der Waals surface area contributed by atoms with Crippen LogP contribution >= 0.6 is 0 Å². The molecule has 8 heteroatoms. The molecule has 0 amide bonds. The fraction of sp³-hybridized carbons (Fsp3) is 0.286. The van der Waals surface area contributed by atoms with Gasteiger partial charge in [0.2, 0.25) is 5.75 Å². The third-order valence-electron chi connectivity index (χ3n) is 1.40. The zero-order valence-electron chi connectivity index (χ0n) is 7.14. The number of hydrogen-bond acceptors (Lipinski definition) is 4. The molecule has 1 aromatic rings. The maximum atomic E-state index is 12.4. The molecule has 0 aliphatic heterocycles. The summed E-state index contributed by atoms with van der Waals surface area (Å²) in [6.45, 7) is 0. The number of hydrogen-bond donors (Lipinski definition) is 0. The van der Waals surface area contributed by atoms with Gasteiger partial charge in [-0.15, -0.1) is 0 Å². The van der Waals surface area contributed by atoms with Gasteiger partial charge in [0.15, 0.2) is 0 Å². The maximum Gasteiger partial charge on any atom is 0.329 e. The van der Waals surface area contributed by atoms with Crippen LogP contribution in [0.2, 0.25) is 0 Å². The Balaban J connectivity index is 2.89. The first-order valence-electron chi connectivity index (χ1n) is 3.69. The van der Waals surface area contributed by atoms with E-state index in [0.29, 0.717) is 0 Å². The summed E-state index contributed by atoms with van der Waals surface area (Å²) < 4.78 is 40.0. The van der Waals surface area contributed by atoms with E-state index >= 15 is 0 Å². The van der Waals surface area contributed by atoms with Crippen molar-refractivity contribution in [2.75, 3.05) is 0 Å². The van der Waals surface area contributed by atoms with Gasteiger partial charge >= 0.3 is 12.1 Å². The Morgan fingerprint density at radius 3 is 2.67 bits per heavy atom. The minimum absolute atomic E-state index is 0.581. The molecular weight excluding hydrogens is 217 g/mol. The summed E-state index contributed by atoms with van der Waals surface area (Å²) in [4.78, 5) is 12.8. The number of nitro groups is 1. The van der Waals surface area contributed by atoms with Crippen molar-refractivity contribution in [1.82, 2.24) is 4.98 Å². The highest BCUT2D eigenvalue weighted by atomic mass is 19.3. The predicted molar refractivity (Wildman–Crippen MR) is 42.4 cm³/mol. The highest BCUT2D eigenvalue weighted by molar-refractivity contribution is 5.43. The SMILES string of the molecule is O=[N+]([O-])c1cnccc1OC(F)C(F)F. The number of ether oxygens (including phenoxy) is 1. The van der Waals surface area contributed by atoms with Gasteiger partial charge in [0, 0.05) is 12.3 Å². The van der Waals surface area contributed by atoms with E-state index in [0.717, 1.165) is 18.5 Å². The molecule has 1 heterocycles. The molecule has 0 aliphatic rings. The molecule has 0 bridgehead atoms. The lowest BCUT2D eigenvalue weighted by Gasteiger charge is -2.09. The Bertz CT molecular complexity index is 361. The zero-order valence-corrected chi connectivity index (χ0v) is 7.14. The van der Waals surface area contributed by atoms with E-state index in [4.69, 9.17) is 0 Å². The quantitative estimate of drug-likeness (QED) is 0.576. The number of pyridine rings is 1. The van der Waals surface area contributed by atoms with Crippen molar-refractivity contribution >= 4 is 5.69 Å². The summed E-state index contributed by atoms with van der Waals surface area (Å²) in [6, 6.07) is 0.938. The smallest absolute Gasteiger partial charge is 0.329 e. The van der Waals surface area contributed by atoms with Gasteiger partial charge < -0.3 is 4.74 Å². The van der Waals surface area contributed by atoms with Crippen LogP contribution in [0.4, 0.5) is 18.9 Å². The average molecular weight is 222 g/mol. The number of nitrogens with zero attached hydrogens (tertiary/aromatic N) is 2. The van der Waals surface area contributed by atoms with Crippen LogP contribution in [0.5, 0.6) is 5.75 Å². The average Bonchev–Trinajstić information content (AvgIpc) is 2.18. The van der Waals surface area contributed by atoms with E-state index in [9.17, 15) is 23.3 Å². The van der Waals surface area contributed by atoms with E-state index in [2.05, 4.69) is 9.72 Å². The van der Waals surface area contributed by atoms with Gasteiger partial charge in [0.25, 0.3) is 6.36 Å². The molecule has 1 atom stereocenters. The van der Waals surface area contributed by atoms with Crippen molar-refractivity contribution in [3.05, 3.63) is 28.6 Å². The molecule has 0 aliphatic carbocycles. The summed E-state index contributed by atoms with van der Waals surface area (Å²) in [5.74, 6) is -0.581. The molecule has 1 aromatic heterocycles. The van der Waals surface area contributed by atoms with E-state index in [1.54, 1.807) is 0 Å². The molecule has 5 nitrogen and oxygen atoms in total. The molecular formula is C7H5F3N2O3. The molecule has 0 fully saturated rings. The van der Waals surface area contributed by atoms with Crippen molar-refractivity contribution < 1.29 is 22.8 Å². The molecule has 0 saturated heterocycles. The van der Waals surface area contributed by atoms with Crippen LogP contribution in [0.25, 0.3) is 0 Å². The third-order valence-corrected chi connectivity index (χ3v) is 1.40. The van der Waals surface area contributed by atoms with E-state index in [1.165, 1.54) is 0 Å². The van der Waals surface area contributed by atoms with Crippen LogP contribution in [0, 0.1) is 10.1 Å². The lowest BCUT2D eigenvalue weighted by Crippen LogP contribution is -2.20. The van der Waals surface area contributed by atoms with Gasteiger partial charge in [-0.25, -0.2) is 8.78 Å². The molecule has 0 aromatic carbocycles. The number of alkyl halides is 3. The van der Waals surface area contributed by atoms with Gasteiger partial charge in [-0.2, -0.15) is 4.39 Å². The molecule has 1 rings (SSSR count). The fourth-order valence-electron chi connectivity index (χ4n) is 0.783. The minimum Gasteiger partial charge on any atom is -0.447 e. The van der Waals surface area contributed by atoms with E-state index in [-0.39, 0.29) is 0 Å². The first kappa shape index (κ1) is 11.2. The van der Waals surface area contributed by atoms with Crippen LogP contribution in [-0.2, 0) is 0 Å². The van der Waals surface area contributed by atoms with Crippen LogP contribution in [0.1, 0.15) is 0 Å². The standard InChI is InChI=1S/C7H5F3N2O3/c8-6(9)7(10)15-5-1-2-11-3-4(5)12(13)14/h1-3,6-7H. The molecule has 0 spiro atoms. The second kappa shape index (κ2) is 4.58. The van der Waals surface area contributed by atoms with E-state index in [1.807, 2.05) is 0 Å². The van der Waals surface area contributed by atoms with Crippen LogP contribution in [0.3, 0.4) is 0 Å². The van der Waals surface area contributed by atoms with Crippen LogP contribution in [0.15, 0.2) is 18.5 Å². The van der Waals surface area contributed by atoms with Gasteiger partial charge in [-0.1, -0.05) is 0 Å². The Kier molecular flexibility index (Phi) is 3.42. The highest BCUT2D eigenvalue weighted by Gasteiger charge is 2.25. The highest BCUT2D eigenvalue weighted by Crippen LogP contribution is 2.26. The lowest BCUT2D eigenvalue weighted by molar-refractivity contribution is -0.386. The molecule has 82 valence electrons. The Labute approximate surface area is 81.6 Å². The second-order valence-electron chi connectivity index (χ2n) is 2.40. The van der Waals surface area contributed by atoms with Gasteiger partial charge in [-0.3, -0.25) is 15.1 Å². The summed E-state index contributed by atoms with van der Waals surface area (Å²) in [5, 5.41) is 10.3. The molecule has 15 heavy (non-hydrogen) atoms.